The molecule has 1 aromatic carbocycles. The summed E-state index contributed by atoms with van der Waals surface area (Å²) in [6, 6.07) is 7.22. The molecule has 1 aliphatic heterocycles. The highest BCUT2D eigenvalue weighted by molar-refractivity contribution is 8.22. The lowest BCUT2D eigenvalue weighted by molar-refractivity contribution is -0.139. The number of nitrogens with one attached hydrogen (secondary N) is 1. The molecular weight excluding hydrogens is 376 g/mol. The minimum Gasteiger partial charge on any atom is -0.493 e. The van der Waals surface area contributed by atoms with Gasteiger partial charge in [-0.2, -0.15) is 5.26 Å². The number of carbonyl (C=O) groups is 2. The summed E-state index contributed by atoms with van der Waals surface area (Å²) in [5.74, 6) is 0.283. The first-order valence-corrected chi connectivity index (χ1v) is 9.52. The van der Waals surface area contributed by atoms with Crippen molar-refractivity contribution < 1.29 is 23.8 Å². The van der Waals surface area contributed by atoms with Gasteiger partial charge < -0.3 is 19.5 Å². The minimum atomic E-state index is -0.475. The van der Waals surface area contributed by atoms with Crippen molar-refractivity contribution in [2.45, 2.75) is 12.3 Å². The van der Waals surface area contributed by atoms with Crippen molar-refractivity contribution in [3.05, 3.63) is 33.6 Å². The van der Waals surface area contributed by atoms with Crippen LogP contribution in [0.5, 0.6) is 11.5 Å². The fourth-order valence-corrected chi connectivity index (χ4v) is 4.45. The normalized spacial score (nSPS) is 16.5. The van der Waals surface area contributed by atoms with Gasteiger partial charge in [-0.25, -0.2) is 0 Å². The first-order chi connectivity index (χ1) is 12.5. The number of nitriles is 1. The summed E-state index contributed by atoms with van der Waals surface area (Å²) in [6.45, 7) is 2.00. The van der Waals surface area contributed by atoms with Gasteiger partial charge >= 0.3 is 5.97 Å². The average molecular weight is 394 g/mol. The van der Waals surface area contributed by atoms with E-state index in [0.29, 0.717) is 15.7 Å². The third kappa shape index (κ3) is 4.65. The molecule has 1 aliphatic rings. The van der Waals surface area contributed by atoms with Crippen molar-refractivity contribution in [1.29, 1.82) is 5.26 Å². The zero-order valence-corrected chi connectivity index (χ0v) is 16.2. The quantitative estimate of drug-likeness (QED) is 0.705. The molecule has 0 bridgehead atoms. The highest BCUT2D eigenvalue weighted by Crippen LogP contribution is 2.45. The lowest BCUT2D eigenvalue weighted by Crippen LogP contribution is -2.31. The maximum Gasteiger partial charge on any atom is 0.316 e. The maximum absolute atomic E-state index is 12.3. The molecule has 0 fully saturated rings. The van der Waals surface area contributed by atoms with E-state index in [0.717, 1.165) is 17.3 Å². The van der Waals surface area contributed by atoms with E-state index in [-0.39, 0.29) is 17.9 Å². The second-order valence-electron chi connectivity index (χ2n) is 4.95. The van der Waals surface area contributed by atoms with Crippen LogP contribution >= 0.6 is 23.5 Å². The number of thioether (sulfide) groups is 2. The van der Waals surface area contributed by atoms with Gasteiger partial charge in [-0.05, 0) is 24.6 Å². The van der Waals surface area contributed by atoms with E-state index in [1.54, 1.807) is 26.2 Å². The van der Waals surface area contributed by atoms with E-state index in [1.807, 2.05) is 12.1 Å². The standard InChI is InChI=1S/C17H18N2O5S2/c1-4-24-14(20)9-25-17-11(8-18)15(21)19-16(26-17)10-5-6-12(22-2)13(7-10)23-3/h5-7,16H,4,9H2,1-3H3,(H,19,21)/t16-/m1/s1. The Kier molecular flexibility index (Phi) is 7.24. The van der Waals surface area contributed by atoms with E-state index in [9.17, 15) is 14.9 Å². The fourth-order valence-electron chi connectivity index (χ4n) is 2.18. The topological polar surface area (TPSA) is 97.7 Å². The average Bonchev–Trinajstić information content (AvgIpc) is 2.65. The highest BCUT2D eigenvalue weighted by Gasteiger charge is 2.30. The van der Waals surface area contributed by atoms with Crippen LogP contribution in [0.15, 0.2) is 28.0 Å². The number of benzene rings is 1. The Balaban J connectivity index is 2.23. The number of rotatable bonds is 7. The van der Waals surface area contributed by atoms with Crippen molar-refractivity contribution in [2.24, 2.45) is 0 Å². The summed E-state index contributed by atoms with van der Waals surface area (Å²) in [6.07, 6.45) is 0. The molecule has 2 rings (SSSR count). The van der Waals surface area contributed by atoms with Crippen LogP contribution in [0.1, 0.15) is 17.9 Å². The molecule has 0 aromatic heterocycles. The van der Waals surface area contributed by atoms with Crippen molar-refractivity contribution in [3.63, 3.8) is 0 Å². The lowest BCUT2D eigenvalue weighted by Gasteiger charge is -2.25. The van der Waals surface area contributed by atoms with Crippen LogP contribution in [-0.4, -0.2) is 38.5 Å². The molecule has 1 heterocycles. The third-order valence-corrected chi connectivity index (χ3v) is 5.90. The summed E-state index contributed by atoms with van der Waals surface area (Å²) in [5, 5.41) is 11.6. The Bertz CT molecular complexity index is 773. The summed E-state index contributed by atoms with van der Waals surface area (Å²) in [4.78, 5) is 23.9. The van der Waals surface area contributed by atoms with Gasteiger partial charge in [-0.15, -0.1) is 11.8 Å². The van der Waals surface area contributed by atoms with Gasteiger partial charge in [0.25, 0.3) is 5.91 Å². The van der Waals surface area contributed by atoms with Crippen LogP contribution in [0.25, 0.3) is 0 Å². The molecule has 1 N–H and O–H groups in total. The van der Waals surface area contributed by atoms with Crippen LogP contribution in [0, 0.1) is 11.3 Å². The molecule has 7 nitrogen and oxygen atoms in total. The zero-order chi connectivity index (χ0) is 19.1. The largest absolute Gasteiger partial charge is 0.493 e. The number of methoxy groups -OCH3 is 2. The summed E-state index contributed by atoms with van der Waals surface area (Å²) < 4.78 is 15.9. The summed E-state index contributed by atoms with van der Waals surface area (Å²) in [5.41, 5.74) is 0.785. The van der Waals surface area contributed by atoms with Gasteiger partial charge in [0.05, 0.1) is 30.8 Å². The number of carbonyl (C=O) groups excluding carboxylic acids is 2. The summed E-state index contributed by atoms with van der Waals surface area (Å²) >= 11 is 2.42. The Hall–Kier alpha value is -2.31. The van der Waals surface area contributed by atoms with Gasteiger partial charge in [0.2, 0.25) is 0 Å². The van der Waals surface area contributed by atoms with Crippen molar-refractivity contribution in [3.8, 4) is 17.6 Å². The molecular formula is C17H18N2O5S2. The SMILES string of the molecule is CCOC(=O)CSC1=C(C#N)C(=O)N[C@@H](c2ccc(OC)c(OC)c2)S1. The molecule has 1 aromatic rings. The van der Waals surface area contributed by atoms with Gasteiger partial charge in [-0.3, -0.25) is 9.59 Å². The van der Waals surface area contributed by atoms with E-state index in [2.05, 4.69) is 5.32 Å². The number of nitrogens with zero attached hydrogens (tertiary/aromatic N) is 1. The van der Waals surface area contributed by atoms with E-state index >= 15 is 0 Å². The summed E-state index contributed by atoms with van der Waals surface area (Å²) in [7, 11) is 3.07. The molecule has 1 amide bonds. The van der Waals surface area contributed by atoms with Gasteiger partial charge in [-0.1, -0.05) is 17.8 Å². The number of esters is 1. The predicted molar refractivity (Wildman–Crippen MR) is 99.8 cm³/mol. The van der Waals surface area contributed by atoms with Crippen LogP contribution < -0.4 is 14.8 Å². The molecule has 138 valence electrons. The number of amides is 1. The first kappa shape index (κ1) is 20.0. The van der Waals surface area contributed by atoms with Crippen LogP contribution in [0.4, 0.5) is 0 Å². The second kappa shape index (κ2) is 9.40. The van der Waals surface area contributed by atoms with Gasteiger partial charge in [0.1, 0.15) is 17.0 Å². The molecule has 0 radical (unpaired) electrons. The van der Waals surface area contributed by atoms with E-state index in [1.165, 1.54) is 18.9 Å². The molecule has 9 heteroatoms. The second-order valence-corrected chi connectivity index (χ2v) is 7.31. The third-order valence-electron chi connectivity index (χ3n) is 3.37. The molecule has 0 spiro atoms. The van der Waals surface area contributed by atoms with E-state index in [4.69, 9.17) is 14.2 Å². The fraction of sp³-hybridized carbons (Fsp3) is 0.353. The van der Waals surface area contributed by atoms with Gasteiger partial charge in [0, 0.05) is 0 Å². The number of hydrogen-bond acceptors (Lipinski definition) is 8. The molecule has 26 heavy (non-hydrogen) atoms. The van der Waals surface area contributed by atoms with Crippen molar-refractivity contribution in [1.82, 2.24) is 5.32 Å². The van der Waals surface area contributed by atoms with Crippen LogP contribution in [0.3, 0.4) is 0 Å². The Morgan fingerprint density at radius 1 is 1.35 bits per heavy atom. The lowest BCUT2D eigenvalue weighted by atomic mass is 10.2. The molecule has 0 aliphatic carbocycles. The van der Waals surface area contributed by atoms with Crippen LogP contribution in [0.2, 0.25) is 0 Å². The van der Waals surface area contributed by atoms with Crippen molar-refractivity contribution >= 4 is 35.4 Å². The Labute approximate surface area is 160 Å². The van der Waals surface area contributed by atoms with Crippen LogP contribution in [-0.2, 0) is 14.3 Å². The Morgan fingerprint density at radius 3 is 2.69 bits per heavy atom. The van der Waals surface area contributed by atoms with Crippen molar-refractivity contribution in [2.75, 3.05) is 26.6 Å². The molecule has 0 unspecified atom stereocenters. The van der Waals surface area contributed by atoms with Gasteiger partial charge in [0.15, 0.2) is 11.5 Å². The maximum atomic E-state index is 12.3. The minimum absolute atomic E-state index is 0.000949. The zero-order valence-electron chi connectivity index (χ0n) is 14.5. The monoisotopic (exact) mass is 394 g/mol. The first-order valence-electron chi connectivity index (χ1n) is 7.66. The predicted octanol–water partition coefficient (Wildman–Crippen LogP) is 2.60. The number of hydrogen-bond donors (Lipinski definition) is 1. The number of ether oxygens (including phenoxy) is 3. The highest BCUT2D eigenvalue weighted by atomic mass is 32.2. The van der Waals surface area contributed by atoms with E-state index < -0.39 is 17.3 Å². The molecule has 0 saturated heterocycles. The molecule has 0 saturated carbocycles. The molecule has 1 atom stereocenters. The Morgan fingerprint density at radius 2 is 2.08 bits per heavy atom. The smallest absolute Gasteiger partial charge is 0.316 e.